The van der Waals surface area contributed by atoms with E-state index in [1.807, 2.05) is 44.2 Å². The van der Waals surface area contributed by atoms with E-state index in [1.165, 1.54) is 0 Å². The second-order valence-corrected chi connectivity index (χ2v) is 15.6. The van der Waals surface area contributed by atoms with Crippen LogP contribution in [0.1, 0.15) is 59.5 Å². The number of aromatic nitrogens is 4. The number of rotatable bonds is 7. The average molecular weight is 744 g/mol. The molecule has 2 aromatic heterocycles. The molecule has 3 aliphatic heterocycles. The number of fused-ring (bicyclic) bond motifs is 2. The van der Waals surface area contributed by atoms with Gasteiger partial charge in [-0.2, -0.15) is 17.5 Å². The Kier molecular flexibility index (Phi) is 9.88. The van der Waals surface area contributed by atoms with Crippen LogP contribution in [0.25, 0.3) is 0 Å². The number of nitrogens with one attached hydrogen (secondary N) is 1. The molecule has 1 spiro atoms. The molecule has 5 heterocycles. The Hall–Kier alpha value is -4.32. The molecule has 2 atom stereocenters. The van der Waals surface area contributed by atoms with Gasteiger partial charge in [0, 0.05) is 50.1 Å². The largest absolute Gasteiger partial charge is 0.492 e. The molecular weight excluding hydrogens is 703 g/mol. The van der Waals surface area contributed by atoms with Gasteiger partial charge in [-0.15, -0.1) is 5.10 Å². The first-order chi connectivity index (χ1) is 24.8. The highest BCUT2D eigenvalue weighted by molar-refractivity contribution is 7.89. The minimum atomic E-state index is -4.80. The van der Waals surface area contributed by atoms with Crippen molar-refractivity contribution in [3.8, 4) is 5.75 Å². The number of benzene rings is 2. The van der Waals surface area contributed by atoms with Crippen LogP contribution in [0.3, 0.4) is 0 Å². The number of carbonyl (C=O) groups is 1. The van der Waals surface area contributed by atoms with E-state index < -0.39 is 50.3 Å². The summed E-state index contributed by atoms with van der Waals surface area (Å²) in [6.45, 7) is 5.85. The highest BCUT2D eigenvalue weighted by Gasteiger charge is 2.48. The Balaban J connectivity index is 1.13. The lowest BCUT2D eigenvalue weighted by molar-refractivity contribution is -0.137. The quantitative estimate of drug-likeness (QED) is 0.292. The Bertz CT molecular complexity index is 1990. The van der Waals surface area contributed by atoms with Crippen LogP contribution in [-0.4, -0.2) is 87.6 Å². The summed E-state index contributed by atoms with van der Waals surface area (Å²) in [7, 11) is -4.67. The van der Waals surface area contributed by atoms with Gasteiger partial charge in [-0.3, -0.25) is 9.69 Å². The van der Waals surface area contributed by atoms with Crippen LogP contribution >= 0.6 is 0 Å². The fraction of sp³-hybridized carbons (Fsp3) is 0.486. The van der Waals surface area contributed by atoms with Crippen molar-refractivity contribution in [1.29, 1.82) is 0 Å². The number of amides is 1. The van der Waals surface area contributed by atoms with E-state index in [0.717, 1.165) is 39.0 Å². The topological polar surface area (TPSA) is 145 Å². The molecule has 13 nitrogen and oxygen atoms in total. The summed E-state index contributed by atoms with van der Waals surface area (Å²) in [6.07, 6.45) is -2.43. The van der Waals surface area contributed by atoms with Crippen molar-refractivity contribution in [3.63, 3.8) is 0 Å². The van der Waals surface area contributed by atoms with Crippen LogP contribution in [-0.2, 0) is 45.4 Å². The maximum absolute atomic E-state index is 14.3. The van der Waals surface area contributed by atoms with Crippen molar-refractivity contribution in [2.45, 2.75) is 88.0 Å². The number of nitrogens with zero attached hydrogens (tertiary/aromatic N) is 6. The van der Waals surface area contributed by atoms with Gasteiger partial charge in [0.1, 0.15) is 28.1 Å². The van der Waals surface area contributed by atoms with Crippen molar-refractivity contribution >= 4 is 15.9 Å². The van der Waals surface area contributed by atoms with Crippen molar-refractivity contribution in [3.05, 3.63) is 88.6 Å². The van der Waals surface area contributed by atoms with Crippen LogP contribution in [0.15, 0.2) is 64.1 Å². The molecule has 4 aromatic rings. The number of aryl methyl sites for hydroxylation is 2. The first-order valence-corrected chi connectivity index (χ1v) is 18.6. The second-order valence-electron chi connectivity index (χ2n) is 13.8. The van der Waals surface area contributed by atoms with Crippen molar-refractivity contribution in [1.82, 2.24) is 34.7 Å². The van der Waals surface area contributed by atoms with E-state index in [4.69, 9.17) is 14.0 Å². The van der Waals surface area contributed by atoms with E-state index in [9.17, 15) is 26.4 Å². The van der Waals surface area contributed by atoms with Gasteiger partial charge in [0.05, 0.1) is 43.3 Å². The lowest BCUT2D eigenvalue weighted by atomic mass is 9.84. The maximum Gasteiger partial charge on any atom is 0.416 e. The number of likely N-dealkylation sites (tertiary alicyclic amines) is 1. The highest BCUT2D eigenvalue weighted by Crippen LogP contribution is 2.39. The minimum absolute atomic E-state index is 0.00733. The van der Waals surface area contributed by atoms with E-state index in [1.54, 1.807) is 10.9 Å². The minimum Gasteiger partial charge on any atom is -0.492 e. The van der Waals surface area contributed by atoms with E-state index in [2.05, 4.69) is 25.7 Å². The molecule has 17 heteroatoms. The van der Waals surface area contributed by atoms with E-state index in [0.29, 0.717) is 57.2 Å². The summed E-state index contributed by atoms with van der Waals surface area (Å²) < 4.78 is 90.1. The smallest absolute Gasteiger partial charge is 0.416 e. The fourth-order valence-electron chi connectivity index (χ4n) is 7.21. The summed E-state index contributed by atoms with van der Waals surface area (Å²) in [5.41, 5.74) is 1.48. The first-order valence-electron chi connectivity index (χ1n) is 17.2. The van der Waals surface area contributed by atoms with Crippen molar-refractivity contribution in [2.75, 3.05) is 26.2 Å². The highest BCUT2D eigenvalue weighted by atomic mass is 32.2. The van der Waals surface area contributed by atoms with Crippen molar-refractivity contribution in [2.24, 2.45) is 0 Å². The number of carbonyl (C=O) groups excluding carboxylic acids is 1. The Morgan fingerprint density at radius 2 is 1.83 bits per heavy atom. The number of hydrogen-bond acceptors (Lipinski definition) is 10. The second kappa shape index (κ2) is 14.2. The SMILES string of the molecule is Cc1noc(C)c1CN1CCC2(CCOc3ccc(C(F)(F)F)cc3S(=O)(=O)N3C[C@H](OCc4cn(Cc5ccccc5)nn4)C[C@H]3C(=O)N2)CC1. The molecule has 3 aliphatic rings. The molecule has 7 rings (SSSR count). The molecule has 0 aliphatic carbocycles. The lowest BCUT2D eigenvalue weighted by Gasteiger charge is -2.43. The zero-order valence-corrected chi connectivity index (χ0v) is 29.6. The molecule has 1 N–H and O–H groups in total. The van der Waals surface area contributed by atoms with Crippen LogP contribution in [0, 0.1) is 13.8 Å². The van der Waals surface area contributed by atoms with Gasteiger partial charge in [-0.05, 0) is 50.5 Å². The molecular formula is C35H40F3N7O6S. The number of hydrogen-bond donors (Lipinski definition) is 1. The summed E-state index contributed by atoms with van der Waals surface area (Å²) in [6, 6.07) is 10.9. The Labute approximate surface area is 299 Å². The van der Waals surface area contributed by atoms with Gasteiger partial charge in [0.15, 0.2) is 0 Å². The molecule has 2 saturated heterocycles. The number of halogens is 3. The van der Waals surface area contributed by atoms with Crippen LogP contribution in [0.5, 0.6) is 5.75 Å². The molecule has 0 radical (unpaired) electrons. The van der Waals surface area contributed by atoms with Gasteiger partial charge in [-0.1, -0.05) is 40.7 Å². The van der Waals surface area contributed by atoms with Gasteiger partial charge in [0.2, 0.25) is 15.9 Å². The van der Waals surface area contributed by atoms with Gasteiger partial charge in [-0.25, -0.2) is 13.1 Å². The van der Waals surface area contributed by atoms with Crippen LogP contribution in [0.4, 0.5) is 13.2 Å². The Morgan fingerprint density at radius 1 is 1.06 bits per heavy atom. The third-order valence-electron chi connectivity index (χ3n) is 10.2. The fourth-order valence-corrected chi connectivity index (χ4v) is 9.00. The normalized spacial score (nSPS) is 22.3. The number of sulfonamides is 1. The molecule has 278 valence electrons. The monoisotopic (exact) mass is 743 g/mol. The van der Waals surface area contributed by atoms with E-state index >= 15 is 0 Å². The summed E-state index contributed by atoms with van der Waals surface area (Å²) >= 11 is 0. The lowest BCUT2D eigenvalue weighted by Crippen LogP contribution is -2.59. The molecule has 0 unspecified atom stereocenters. The molecule has 1 amide bonds. The van der Waals surface area contributed by atoms with Crippen molar-refractivity contribution < 1.29 is 40.4 Å². The zero-order valence-electron chi connectivity index (χ0n) is 28.8. The van der Waals surface area contributed by atoms with Gasteiger partial charge < -0.3 is 19.3 Å². The van der Waals surface area contributed by atoms with E-state index in [-0.39, 0.29) is 31.9 Å². The first kappa shape index (κ1) is 36.1. The number of alkyl halides is 3. The molecule has 2 fully saturated rings. The number of piperidine rings is 1. The predicted molar refractivity (Wildman–Crippen MR) is 179 cm³/mol. The van der Waals surface area contributed by atoms with Gasteiger partial charge >= 0.3 is 6.18 Å². The third-order valence-corrected chi connectivity index (χ3v) is 12.1. The summed E-state index contributed by atoms with van der Waals surface area (Å²) in [4.78, 5) is 15.8. The molecule has 52 heavy (non-hydrogen) atoms. The zero-order chi connectivity index (χ0) is 36.7. The number of ether oxygens (including phenoxy) is 2. The van der Waals surface area contributed by atoms with Crippen LogP contribution < -0.4 is 10.1 Å². The van der Waals surface area contributed by atoms with Crippen LogP contribution in [0.2, 0.25) is 0 Å². The maximum atomic E-state index is 14.3. The molecule has 2 aromatic carbocycles. The predicted octanol–water partition coefficient (Wildman–Crippen LogP) is 4.23. The molecule has 0 saturated carbocycles. The molecule has 0 bridgehead atoms. The average Bonchev–Trinajstić information content (AvgIpc) is 3.84. The van der Waals surface area contributed by atoms with Gasteiger partial charge in [0.25, 0.3) is 0 Å². The summed E-state index contributed by atoms with van der Waals surface area (Å²) in [5.74, 6) is 0.0162. The summed E-state index contributed by atoms with van der Waals surface area (Å²) in [5, 5.41) is 15.6. The standard InChI is InChI=1S/C35H40F3N7O6S/c1-23-29(24(2)51-41-23)21-43-13-10-34(11-14-43)12-15-49-31-9-8-26(35(36,37)38)16-32(31)52(47,48)45-20-28(17-30(45)33(46)39-34)50-22-27-19-44(42-40-27)18-25-6-4-3-5-7-25/h3-9,16,19,28,30H,10-15,17-18,20-22H2,1-2H3,(H,39,46)/t28-,30+/m1/s1. The Morgan fingerprint density at radius 3 is 2.54 bits per heavy atom. The third kappa shape index (κ3) is 7.58.